The van der Waals surface area contributed by atoms with E-state index in [1.807, 2.05) is 4.90 Å². The van der Waals surface area contributed by atoms with Gasteiger partial charge in [0, 0.05) is 31.2 Å². The first-order valence-electron chi connectivity index (χ1n) is 10.8. The number of likely N-dealkylation sites (tertiary alicyclic amines) is 1. The largest absolute Gasteiger partial charge is 0.497 e. The summed E-state index contributed by atoms with van der Waals surface area (Å²) < 4.78 is 12.4. The number of nitrogens with one attached hydrogen (secondary N) is 1. The van der Waals surface area contributed by atoms with Crippen molar-refractivity contribution in [2.24, 2.45) is 0 Å². The van der Waals surface area contributed by atoms with E-state index in [0.29, 0.717) is 35.8 Å². The second-order valence-electron chi connectivity index (χ2n) is 8.12. The first-order valence-corrected chi connectivity index (χ1v) is 10.8. The van der Waals surface area contributed by atoms with Gasteiger partial charge < -0.3 is 19.7 Å². The molecular formula is C22H29N5O4. The minimum atomic E-state index is -0.171. The minimum absolute atomic E-state index is 0.0349. The van der Waals surface area contributed by atoms with Crippen LogP contribution >= 0.6 is 0 Å². The van der Waals surface area contributed by atoms with Gasteiger partial charge in [-0.2, -0.15) is 0 Å². The predicted octanol–water partition coefficient (Wildman–Crippen LogP) is 2.27. The van der Waals surface area contributed by atoms with Crippen LogP contribution in [0.25, 0.3) is 0 Å². The zero-order valence-electron chi connectivity index (χ0n) is 18.0. The van der Waals surface area contributed by atoms with E-state index in [2.05, 4.69) is 15.6 Å². The molecule has 1 aromatic carbocycles. The van der Waals surface area contributed by atoms with Crippen molar-refractivity contribution in [3.05, 3.63) is 35.7 Å². The van der Waals surface area contributed by atoms with Crippen LogP contribution in [0.1, 0.15) is 59.4 Å². The molecule has 2 aromatic rings. The van der Waals surface area contributed by atoms with Crippen molar-refractivity contribution in [2.75, 3.05) is 20.8 Å². The zero-order chi connectivity index (χ0) is 21.8. The fourth-order valence-electron chi connectivity index (χ4n) is 3.98. The highest BCUT2D eigenvalue weighted by Crippen LogP contribution is 2.29. The highest BCUT2D eigenvalue weighted by molar-refractivity contribution is 5.97. The van der Waals surface area contributed by atoms with E-state index in [-0.39, 0.29) is 23.9 Å². The Labute approximate surface area is 181 Å². The number of benzene rings is 1. The van der Waals surface area contributed by atoms with Crippen molar-refractivity contribution in [1.29, 1.82) is 0 Å². The lowest BCUT2D eigenvalue weighted by Gasteiger charge is -2.36. The number of carbonyl (C=O) groups excluding carboxylic acids is 2. The van der Waals surface area contributed by atoms with Gasteiger partial charge in [0.2, 0.25) is 0 Å². The van der Waals surface area contributed by atoms with Gasteiger partial charge in [-0.25, -0.2) is 0 Å². The summed E-state index contributed by atoms with van der Waals surface area (Å²) in [5, 5.41) is 11.0. The third kappa shape index (κ3) is 4.98. The van der Waals surface area contributed by atoms with Gasteiger partial charge in [-0.15, -0.1) is 5.10 Å². The molecule has 1 unspecified atom stereocenters. The van der Waals surface area contributed by atoms with Gasteiger partial charge in [-0.1, -0.05) is 5.21 Å². The van der Waals surface area contributed by atoms with Gasteiger partial charge in [-0.3, -0.25) is 14.3 Å². The Morgan fingerprint density at radius 3 is 2.74 bits per heavy atom. The van der Waals surface area contributed by atoms with Gasteiger partial charge in [0.1, 0.15) is 11.5 Å². The molecule has 0 bridgehead atoms. The van der Waals surface area contributed by atoms with Gasteiger partial charge >= 0.3 is 0 Å². The van der Waals surface area contributed by atoms with Gasteiger partial charge in [0.15, 0.2) is 5.69 Å². The molecule has 1 saturated carbocycles. The van der Waals surface area contributed by atoms with Crippen LogP contribution in [0.5, 0.6) is 11.5 Å². The Morgan fingerprint density at radius 2 is 2.00 bits per heavy atom. The van der Waals surface area contributed by atoms with Crippen molar-refractivity contribution in [1.82, 2.24) is 25.2 Å². The van der Waals surface area contributed by atoms with Crippen LogP contribution in [-0.2, 0) is 6.54 Å². The van der Waals surface area contributed by atoms with E-state index >= 15 is 0 Å². The van der Waals surface area contributed by atoms with Crippen molar-refractivity contribution in [2.45, 2.75) is 57.2 Å². The standard InChI is InChI=1S/C22H29N5O4/c1-30-17-8-9-18(20(13-17)31-2)22(29)27-11-4-3-5-16(27)10-12-26-14-19(24-25-26)21(28)23-15-6-7-15/h8-9,13-16H,3-7,10-12H2,1-2H3,(H,23,28). The molecule has 1 aromatic heterocycles. The first-order chi connectivity index (χ1) is 15.1. The topological polar surface area (TPSA) is 98.6 Å². The van der Waals surface area contributed by atoms with Gasteiger partial charge in [-0.05, 0) is 50.7 Å². The first kappa shape index (κ1) is 21.1. The van der Waals surface area contributed by atoms with Crippen molar-refractivity contribution >= 4 is 11.8 Å². The number of aryl methyl sites for hydroxylation is 1. The number of methoxy groups -OCH3 is 2. The molecule has 2 heterocycles. The van der Waals surface area contributed by atoms with E-state index in [0.717, 1.165) is 38.5 Å². The molecule has 2 aliphatic rings. The summed E-state index contributed by atoms with van der Waals surface area (Å²) in [6, 6.07) is 5.65. The highest BCUT2D eigenvalue weighted by Gasteiger charge is 2.29. The smallest absolute Gasteiger partial charge is 0.273 e. The lowest BCUT2D eigenvalue weighted by Crippen LogP contribution is -2.44. The average molecular weight is 428 g/mol. The molecule has 1 aliphatic heterocycles. The molecule has 4 rings (SSSR count). The van der Waals surface area contributed by atoms with E-state index in [1.54, 1.807) is 43.3 Å². The molecule has 0 spiro atoms. The molecule has 2 fully saturated rings. The molecule has 31 heavy (non-hydrogen) atoms. The maximum absolute atomic E-state index is 13.3. The lowest BCUT2D eigenvalue weighted by atomic mass is 9.98. The van der Waals surface area contributed by atoms with Gasteiger partial charge in [0.05, 0.1) is 26.0 Å². The monoisotopic (exact) mass is 427 g/mol. The zero-order valence-corrected chi connectivity index (χ0v) is 18.0. The Hall–Kier alpha value is -3.10. The Balaban J connectivity index is 1.41. The maximum Gasteiger partial charge on any atom is 0.273 e. The molecule has 1 aliphatic carbocycles. The van der Waals surface area contributed by atoms with E-state index in [4.69, 9.17) is 9.47 Å². The number of ether oxygens (including phenoxy) is 2. The molecule has 0 radical (unpaired) electrons. The van der Waals surface area contributed by atoms with Crippen LogP contribution in [0.15, 0.2) is 24.4 Å². The molecule has 9 nitrogen and oxygen atoms in total. The summed E-state index contributed by atoms with van der Waals surface area (Å²) in [7, 11) is 3.14. The number of hydrogen-bond donors (Lipinski definition) is 1. The van der Waals surface area contributed by atoms with Crippen molar-refractivity contribution < 1.29 is 19.1 Å². The average Bonchev–Trinajstić information content (AvgIpc) is 3.49. The number of carbonyl (C=O) groups is 2. The summed E-state index contributed by atoms with van der Waals surface area (Å²) in [6.07, 6.45) is 7.50. The van der Waals surface area contributed by atoms with Crippen LogP contribution in [0.4, 0.5) is 0 Å². The number of hydrogen-bond acceptors (Lipinski definition) is 6. The summed E-state index contributed by atoms with van der Waals surface area (Å²) in [5.74, 6) is 0.953. The van der Waals surface area contributed by atoms with Crippen molar-refractivity contribution in [3.63, 3.8) is 0 Å². The van der Waals surface area contributed by atoms with E-state index < -0.39 is 0 Å². The Kier molecular flexibility index (Phi) is 6.39. The number of aromatic nitrogens is 3. The third-order valence-electron chi connectivity index (χ3n) is 5.90. The van der Waals surface area contributed by atoms with Crippen molar-refractivity contribution in [3.8, 4) is 11.5 Å². The highest BCUT2D eigenvalue weighted by atomic mass is 16.5. The number of nitrogens with zero attached hydrogens (tertiary/aromatic N) is 4. The normalized spacial score (nSPS) is 18.5. The van der Waals surface area contributed by atoms with Gasteiger partial charge in [0.25, 0.3) is 11.8 Å². The number of rotatable bonds is 8. The van der Waals surface area contributed by atoms with Crippen LogP contribution in [0, 0.1) is 0 Å². The molecule has 2 amide bonds. The van der Waals surface area contributed by atoms with Crippen LogP contribution in [0.2, 0.25) is 0 Å². The summed E-state index contributed by atoms with van der Waals surface area (Å²) in [5.41, 5.74) is 0.876. The fraction of sp³-hybridized carbons (Fsp3) is 0.545. The molecule has 166 valence electrons. The fourth-order valence-corrected chi connectivity index (χ4v) is 3.98. The molecule has 9 heteroatoms. The molecule has 1 atom stereocenters. The Morgan fingerprint density at radius 1 is 1.16 bits per heavy atom. The van der Waals surface area contributed by atoms with E-state index in [9.17, 15) is 9.59 Å². The minimum Gasteiger partial charge on any atom is -0.497 e. The predicted molar refractivity (Wildman–Crippen MR) is 113 cm³/mol. The second-order valence-corrected chi connectivity index (χ2v) is 8.12. The second kappa shape index (κ2) is 9.36. The summed E-state index contributed by atoms with van der Waals surface area (Å²) in [6.45, 7) is 1.31. The quantitative estimate of drug-likeness (QED) is 0.694. The maximum atomic E-state index is 13.3. The lowest BCUT2D eigenvalue weighted by molar-refractivity contribution is 0.0590. The molecular weight excluding hydrogens is 398 g/mol. The Bertz CT molecular complexity index is 940. The SMILES string of the molecule is COc1ccc(C(=O)N2CCCCC2CCn2cc(C(=O)NC3CC3)nn2)c(OC)c1. The third-order valence-corrected chi connectivity index (χ3v) is 5.90. The molecule has 1 saturated heterocycles. The number of piperidine rings is 1. The van der Waals surface area contributed by atoms with Crippen LogP contribution < -0.4 is 14.8 Å². The number of amides is 2. The summed E-state index contributed by atoms with van der Waals surface area (Å²) in [4.78, 5) is 27.4. The van der Waals surface area contributed by atoms with E-state index in [1.165, 1.54) is 0 Å². The summed E-state index contributed by atoms with van der Waals surface area (Å²) >= 11 is 0. The molecule has 1 N–H and O–H groups in total. The van der Waals surface area contributed by atoms with Crippen LogP contribution in [0.3, 0.4) is 0 Å². The van der Waals surface area contributed by atoms with Crippen LogP contribution in [-0.4, -0.2) is 64.6 Å².